The van der Waals surface area contributed by atoms with Crippen LogP contribution in [0.2, 0.25) is 0 Å². The predicted molar refractivity (Wildman–Crippen MR) is 197 cm³/mol. The van der Waals surface area contributed by atoms with Crippen LogP contribution < -0.4 is 5.32 Å². The fraction of sp³-hybridized carbons (Fsp3) is 0.561. The van der Waals surface area contributed by atoms with E-state index in [1.807, 2.05) is 50.0 Å². The number of nitrogens with one attached hydrogen (secondary N) is 1. The van der Waals surface area contributed by atoms with Crippen molar-refractivity contribution in [3.63, 3.8) is 0 Å². The van der Waals surface area contributed by atoms with E-state index in [1.165, 1.54) is 0 Å². The van der Waals surface area contributed by atoms with Gasteiger partial charge in [0.25, 0.3) is 0 Å². The first-order valence-electron chi connectivity index (χ1n) is 18.5. The molecule has 7 atom stereocenters. The number of allylic oxidation sites excluding steroid dienone is 6. The fourth-order valence-electron chi connectivity index (χ4n) is 8.06. The number of methoxy groups -OCH3 is 1. The zero-order valence-corrected chi connectivity index (χ0v) is 30.6. The highest BCUT2D eigenvalue weighted by molar-refractivity contribution is 6.11. The molecule has 0 spiro atoms. The van der Waals surface area contributed by atoms with Crippen LogP contribution in [0.4, 0.5) is 0 Å². The topological polar surface area (TPSA) is 121 Å². The van der Waals surface area contributed by atoms with Crippen molar-refractivity contribution in [2.24, 2.45) is 28.2 Å². The molecule has 2 saturated heterocycles. The summed E-state index contributed by atoms with van der Waals surface area (Å²) in [5.41, 5.74) is 0.299. The van der Waals surface area contributed by atoms with Gasteiger partial charge in [-0.3, -0.25) is 19.4 Å². The van der Waals surface area contributed by atoms with E-state index < -0.39 is 29.0 Å². The maximum Gasteiger partial charge on any atom is 0.243 e. The number of amides is 3. The number of carbonyl (C=O) groups excluding carboxylic acids is 3. The van der Waals surface area contributed by atoms with E-state index in [-0.39, 0.29) is 60.7 Å². The van der Waals surface area contributed by atoms with Gasteiger partial charge in [-0.05, 0) is 61.7 Å². The predicted octanol–water partition coefficient (Wildman–Crippen LogP) is 5.87. The lowest BCUT2D eigenvalue weighted by Gasteiger charge is -2.36. The van der Waals surface area contributed by atoms with Crippen LogP contribution in [0.15, 0.2) is 89.6 Å². The number of nitrogens with zero attached hydrogens (tertiary/aromatic N) is 3. The monoisotopic (exact) mass is 698 g/mol. The molecule has 3 amide bonds. The van der Waals surface area contributed by atoms with Gasteiger partial charge < -0.3 is 29.7 Å². The van der Waals surface area contributed by atoms with Gasteiger partial charge in [-0.1, -0.05) is 57.7 Å². The SMILES string of the molecule is C=CC1CC1(NC(=O)[C@@H]1C[C@@H](OC2=CC(C3=CCCC=C3)=NC3C=C(OC)C=CC23)CN1C(=O)[C@@H](CC(=O)N1CCCCC1)C(C)(C)C)C(=C)O. The molecule has 0 aromatic rings. The van der Waals surface area contributed by atoms with Crippen molar-refractivity contribution in [1.29, 1.82) is 0 Å². The van der Waals surface area contributed by atoms with E-state index in [1.54, 1.807) is 18.1 Å². The molecule has 0 aromatic carbocycles. The average Bonchev–Trinajstić information content (AvgIpc) is 3.69. The lowest BCUT2D eigenvalue weighted by Crippen LogP contribution is -2.53. The summed E-state index contributed by atoms with van der Waals surface area (Å²) in [4.78, 5) is 51.0. The molecular weight excluding hydrogens is 644 g/mol. The number of carbonyl (C=O) groups is 3. The maximum atomic E-state index is 14.7. The highest BCUT2D eigenvalue weighted by Crippen LogP contribution is 2.49. The number of fused-ring (bicyclic) bond motifs is 1. The summed E-state index contributed by atoms with van der Waals surface area (Å²) in [5.74, 6) is -0.323. The van der Waals surface area contributed by atoms with Gasteiger partial charge in [0.1, 0.15) is 35.0 Å². The number of ether oxygens (including phenoxy) is 2. The summed E-state index contributed by atoms with van der Waals surface area (Å²) in [5, 5.41) is 13.6. The summed E-state index contributed by atoms with van der Waals surface area (Å²) in [6, 6.07) is -1.11. The Morgan fingerprint density at radius 3 is 2.57 bits per heavy atom. The van der Waals surface area contributed by atoms with Gasteiger partial charge in [-0.15, -0.1) is 6.58 Å². The van der Waals surface area contributed by atoms with Gasteiger partial charge in [0, 0.05) is 37.9 Å². The minimum atomic E-state index is -1.01. The third-order valence-electron chi connectivity index (χ3n) is 11.3. The molecule has 1 saturated carbocycles. The first-order chi connectivity index (χ1) is 24.3. The fourth-order valence-corrected chi connectivity index (χ4v) is 8.06. The Bertz CT molecular complexity index is 1620. The second-order valence-electron chi connectivity index (χ2n) is 15.8. The average molecular weight is 699 g/mol. The van der Waals surface area contributed by atoms with Gasteiger partial charge >= 0.3 is 0 Å². The van der Waals surface area contributed by atoms with Crippen molar-refractivity contribution in [2.75, 3.05) is 26.7 Å². The zero-order chi connectivity index (χ0) is 36.5. The molecule has 3 aliphatic carbocycles. The van der Waals surface area contributed by atoms with Gasteiger partial charge in [-0.25, -0.2) is 0 Å². The van der Waals surface area contributed by atoms with Crippen LogP contribution in [0, 0.1) is 23.2 Å². The van der Waals surface area contributed by atoms with Crippen LogP contribution in [0.25, 0.3) is 0 Å². The van der Waals surface area contributed by atoms with Crippen molar-refractivity contribution in [3.8, 4) is 0 Å². The van der Waals surface area contributed by atoms with Gasteiger partial charge in [0.05, 0.1) is 37.2 Å². The molecule has 10 nitrogen and oxygen atoms in total. The molecule has 0 bridgehead atoms. The van der Waals surface area contributed by atoms with Crippen LogP contribution >= 0.6 is 0 Å². The van der Waals surface area contributed by atoms with Crippen LogP contribution in [-0.2, 0) is 23.9 Å². The Kier molecular flexibility index (Phi) is 10.5. The number of aliphatic hydroxyl groups is 1. The summed E-state index contributed by atoms with van der Waals surface area (Å²) in [6.07, 6.45) is 21.3. The quantitative estimate of drug-likeness (QED) is 0.206. The van der Waals surface area contributed by atoms with Crippen LogP contribution in [-0.4, -0.2) is 88.8 Å². The Labute approximate surface area is 302 Å². The Hall–Kier alpha value is -4.34. The molecule has 4 unspecified atom stereocenters. The first-order valence-corrected chi connectivity index (χ1v) is 18.5. The van der Waals surface area contributed by atoms with Crippen LogP contribution in [0.1, 0.15) is 72.1 Å². The van der Waals surface area contributed by atoms with E-state index in [4.69, 9.17) is 14.5 Å². The van der Waals surface area contributed by atoms with Gasteiger partial charge in [0.15, 0.2) is 0 Å². The molecule has 6 rings (SSSR count). The second kappa shape index (κ2) is 14.7. The van der Waals surface area contributed by atoms with Crippen LogP contribution in [0.3, 0.4) is 0 Å². The standard InChI is InChI=1S/C41H54N4O6/c1-7-28-24-41(28,26(2)46)43-38(48)35-21-30(25-45(35)39(49)32(40(3,4)5)22-37(47)44-18-12-9-13-19-44)51-36-23-33(27-14-10-8-11-15-27)42-34-20-29(50-6)16-17-31(34)36/h7,10,14-17,20,23,28,30-32,34-35,46H,1-2,8-9,11-13,18-19,21-22,24-25H2,3-6H3,(H,43,48)/t28?,30-,31?,32-,34?,35+,41?/m1/s1. The molecule has 3 aliphatic heterocycles. The van der Waals surface area contributed by atoms with E-state index in [2.05, 4.69) is 36.7 Å². The molecule has 0 radical (unpaired) electrons. The van der Waals surface area contributed by atoms with E-state index in [0.717, 1.165) is 49.1 Å². The number of hydrogen-bond acceptors (Lipinski definition) is 7. The number of dihydropyridines is 1. The largest absolute Gasteiger partial charge is 0.510 e. The van der Waals surface area contributed by atoms with Gasteiger partial charge in [0.2, 0.25) is 17.7 Å². The molecule has 0 aromatic heterocycles. The van der Waals surface area contributed by atoms with E-state index in [9.17, 15) is 19.5 Å². The Balaban J connectivity index is 1.29. The molecule has 274 valence electrons. The lowest BCUT2D eigenvalue weighted by molar-refractivity contribution is -0.148. The highest BCUT2D eigenvalue weighted by Gasteiger charge is 2.58. The number of aliphatic hydroxyl groups excluding tert-OH is 1. The van der Waals surface area contributed by atoms with Crippen molar-refractivity contribution in [1.82, 2.24) is 15.1 Å². The number of hydrogen-bond donors (Lipinski definition) is 2. The van der Waals surface area contributed by atoms with Crippen LogP contribution in [0.5, 0.6) is 0 Å². The number of likely N-dealkylation sites (tertiary alicyclic amines) is 2. The molecular formula is C41H54N4O6. The molecule has 6 aliphatic rings. The molecule has 3 fully saturated rings. The third kappa shape index (κ3) is 7.65. The van der Waals surface area contributed by atoms with Crippen molar-refractivity contribution in [3.05, 3.63) is 84.6 Å². The normalized spacial score (nSPS) is 30.5. The maximum absolute atomic E-state index is 14.7. The van der Waals surface area contributed by atoms with Crippen molar-refractivity contribution < 1.29 is 29.0 Å². The zero-order valence-electron chi connectivity index (χ0n) is 30.6. The molecule has 10 heteroatoms. The lowest BCUT2D eigenvalue weighted by atomic mass is 9.77. The molecule has 51 heavy (non-hydrogen) atoms. The molecule has 3 heterocycles. The Morgan fingerprint density at radius 2 is 1.94 bits per heavy atom. The second-order valence-corrected chi connectivity index (χ2v) is 15.8. The number of aliphatic imine (C=N–C) groups is 1. The first kappa shape index (κ1) is 36.5. The summed E-state index contributed by atoms with van der Waals surface area (Å²) in [6.45, 7) is 15.1. The number of rotatable bonds is 11. The van der Waals surface area contributed by atoms with Crippen molar-refractivity contribution in [2.45, 2.75) is 95.9 Å². The molecule has 2 N–H and O–H groups in total. The number of piperidine rings is 1. The minimum Gasteiger partial charge on any atom is -0.510 e. The Morgan fingerprint density at radius 1 is 1.18 bits per heavy atom. The highest BCUT2D eigenvalue weighted by atomic mass is 16.5. The van der Waals surface area contributed by atoms with E-state index in [0.29, 0.717) is 25.3 Å². The summed E-state index contributed by atoms with van der Waals surface area (Å²) >= 11 is 0. The van der Waals surface area contributed by atoms with E-state index >= 15 is 0 Å². The third-order valence-corrected chi connectivity index (χ3v) is 11.3. The summed E-state index contributed by atoms with van der Waals surface area (Å²) in [7, 11) is 1.64. The summed E-state index contributed by atoms with van der Waals surface area (Å²) < 4.78 is 12.4. The van der Waals surface area contributed by atoms with Gasteiger partial charge in [-0.2, -0.15) is 0 Å². The minimum absolute atomic E-state index is 0.0258. The van der Waals surface area contributed by atoms with Crippen molar-refractivity contribution >= 4 is 23.4 Å². The smallest absolute Gasteiger partial charge is 0.243 e.